The molecule has 5 heteroatoms. The molecule has 0 radical (unpaired) electrons. The van der Waals surface area contributed by atoms with E-state index in [0.717, 1.165) is 29.1 Å². The van der Waals surface area contributed by atoms with Crippen LogP contribution < -0.4 is 5.32 Å². The highest BCUT2D eigenvalue weighted by Crippen LogP contribution is 2.29. The number of rotatable bonds is 6. The average Bonchev–Trinajstić information content (AvgIpc) is 3.45. The van der Waals surface area contributed by atoms with Crippen LogP contribution in [0.25, 0.3) is 22.3 Å². The minimum Gasteiger partial charge on any atom is -0.363 e. The second kappa shape index (κ2) is 8.28. The summed E-state index contributed by atoms with van der Waals surface area (Å²) in [5.41, 5.74) is 5.68. The summed E-state index contributed by atoms with van der Waals surface area (Å²) in [5.74, 6) is 0.851. The van der Waals surface area contributed by atoms with Gasteiger partial charge in [0.05, 0.1) is 5.39 Å². The van der Waals surface area contributed by atoms with E-state index in [0.29, 0.717) is 0 Å². The van der Waals surface area contributed by atoms with Crippen LogP contribution in [0.2, 0.25) is 0 Å². The van der Waals surface area contributed by atoms with Crippen LogP contribution in [0.5, 0.6) is 0 Å². The van der Waals surface area contributed by atoms with Crippen LogP contribution in [0.4, 0.5) is 5.82 Å². The number of aromatic nitrogens is 3. The predicted molar refractivity (Wildman–Crippen MR) is 122 cm³/mol. The maximum Gasteiger partial charge on any atom is 0.143 e. The summed E-state index contributed by atoms with van der Waals surface area (Å²) in [7, 11) is 0. The molecule has 1 aliphatic heterocycles. The van der Waals surface area contributed by atoms with Crippen LogP contribution in [0.3, 0.4) is 0 Å². The largest absolute Gasteiger partial charge is 0.363 e. The Kier molecular flexibility index (Phi) is 5.20. The zero-order chi connectivity index (χ0) is 20.3. The lowest BCUT2D eigenvalue weighted by Gasteiger charge is -2.15. The molecule has 0 aliphatic carbocycles. The number of hydrogen-bond donors (Lipinski definition) is 2. The molecule has 5 nitrogen and oxygen atoms in total. The van der Waals surface area contributed by atoms with Crippen molar-refractivity contribution in [1.29, 1.82) is 0 Å². The zero-order valence-corrected chi connectivity index (χ0v) is 17.3. The molecular formula is C25H27N5. The molecule has 152 valence electrons. The lowest BCUT2D eigenvalue weighted by atomic mass is 10.1. The van der Waals surface area contributed by atoms with Crippen molar-refractivity contribution in [2.75, 3.05) is 18.4 Å². The molecule has 3 heterocycles. The van der Waals surface area contributed by atoms with Crippen molar-refractivity contribution in [3.05, 3.63) is 78.1 Å². The van der Waals surface area contributed by atoms with E-state index in [4.69, 9.17) is 0 Å². The van der Waals surface area contributed by atoms with Crippen LogP contribution in [-0.2, 0) is 6.54 Å². The summed E-state index contributed by atoms with van der Waals surface area (Å²) in [4.78, 5) is 14.9. The minimum absolute atomic E-state index is 0.160. The molecular weight excluding hydrogens is 370 g/mol. The normalized spacial score (nSPS) is 15.5. The van der Waals surface area contributed by atoms with E-state index in [1.807, 2.05) is 6.07 Å². The molecule has 2 N–H and O–H groups in total. The molecule has 0 unspecified atom stereocenters. The van der Waals surface area contributed by atoms with Gasteiger partial charge in [0.1, 0.15) is 17.8 Å². The van der Waals surface area contributed by atoms with Gasteiger partial charge in [0.2, 0.25) is 0 Å². The zero-order valence-electron chi connectivity index (χ0n) is 17.3. The molecule has 1 fully saturated rings. The number of benzene rings is 2. The first-order valence-corrected chi connectivity index (χ1v) is 10.7. The van der Waals surface area contributed by atoms with Crippen molar-refractivity contribution >= 4 is 16.9 Å². The molecule has 30 heavy (non-hydrogen) atoms. The van der Waals surface area contributed by atoms with Gasteiger partial charge in [-0.2, -0.15) is 0 Å². The standard InChI is InChI=1S/C25H27N5/c1-18(20-7-3-2-4-8-20)28-24-22-15-23(29-25(22)27-17-26-24)21-11-9-19(10-12-21)16-30-13-5-6-14-30/h2-4,7-12,15,17-18H,5-6,13-14,16H2,1H3,(H2,26,27,28,29)/t18-/m1/s1. The van der Waals surface area contributed by atoms with Gasteiger partial charge in [-0.1, -0.05) is 54.6 Å². The third kappa shape index (κ3) is 3.94. The fraction of sp³-hybridized carbons (Fsp3) is 0.280. The highest BCUT2D eigenvalue weighted by atomic mass is 15.1. The molecule has 4 aromatic rings. The summed E-state index contributed by atoms with van der Waals surface area (Å²) in [6, 6.07) is 21.6. The lowest BCUT2D eigenvalue weighted by molar-refractivity contribution is 0.331. The Labute approximate surface area is 177 Å². The first kappa shape index (κ1) is 18.8. The third-order valence-corrected chi connectivity index (χ3v) is 5.95. The number of hydrogen-bond acceptors (Lipinski definition) is 4. The summed E-state index contributed by atoms with van der Waals surface area (Å²) >= 11 is 0. The van der Waals surface area contributed by atoms with Crippen molar-refractivity contribution in [2.45, 2.75) is 32.4 Å². The minimum atomic E-state index is 0.160. The van der Waals surface area contributed by atoms with E-state index in [-0.39, 0.29) is 6.04 Å². The second-order valence-electron chi connectivity index (χ2n) is 8.12. The van der Waals surface area contributed by atoms with Crippen LogP contribution in [-0.4, -0.2) is 32.9 Å². The Balaban J connectivity index is 1.37. The number of fused-ring (bicyclic) bond motifs is 1. The van der Waals surface area contributed by atoms with Crippen molar-refractivity contribution in [3.8, 4) is 11.3 Å². The molecule has 2 aromatic heterocycles. The van der Waals surface area contributed by atoms with E-state index in [1.165, 1.54) is 42.6 Å². The van der Waals surface area contributed by atoms with Crippen molar-refractivity contribution < 1.29 is 0 Å². The second-order valence-corrected chi connectivity index (χ2v) is 8.12. The van der Waals surface area contributed by atoms with Crippen molar-refractivity contribution in [3.63, 3.8) is 0 Å². The number of likely N-dealkylation sites (tertiary alicyclic amines) is 1. The van der Waals surface area contributed by atoms with E-state index in [1.54, 1.807) is 6.33 Å². The predicted octanol–water partition coefficient (Wildman–Crippen LogP) is 5.39. The summed E-state index contributed by atoms with van der Waals surface area (Å²) in [6.07, 6.45) is 4.27. The van der Waals surface area contributed by atoms with Gasteiger partial charge in [0, 0.05) is 18.3 Å². The van der Waals surface area contributed by atoms with Gasteiger partial charge < -0.3 is 10.3 Å². The van der Waals surface area contributed by atoms with Gasteiger partial charge in [-0.25, -0.2) is 9.97 Å². The maximum atomic E-state index is 4.50. The smallest absolute Gasteiger partial charge is 0.143 e. The highest BCUT2D eigenvalue weighted by Gasteiger charge is 2.14. The Morgan fingerprint density at radius 1 is 1.00 bits per heavy atom. The highest BCUT2D eigenvalue weighted by molar-refractivity contribution is 5.91. The van der Waals surface area contributed by atoms with Gasteiger partial charge >= 0.3 is 0 Å². The SMILES string of the molecule is C[C@@H](Nc1ncnc2[nH]c(-c3ccc(CN4CCCC4)cc3)cc12)c1ccccc1. The molecule has 5 rings (SSSR count). The van der Waals surface area contributed by atoms with Crippen LogP contribution in [0, 0.1) is 0 Å². The number of anilines is 1. The summed E-state index contributed by atoms with van der Waals surface area (Å²) < 4.78 is 0. The van der Waals surface area contributed by atoms with Crippen LogP contribution in [0.15, 0.2) is 67.0 Å². The van der Waals surface area contributed by atoms with Gasteiger partial charge in [0.15, 0.2) is 0 Å². The molecule has 0 amide bonds. The molecule has 0 bridgehead atoms. The average molecular weight is 398 g/mol. The van der Waals surface area contributed by atoms with E-state index in [9.17, 15) is 0 Å². The Morgan fingerprint density at radius 3 is 2.53 bits per heavy atom. The van der Waals surface area contributed by atoms with Crippen LogP contribution >= 0.6 is 0 Å². The maximum absolute atomic E-state index is 4.50. The molecule has 1 aliphatic rings. The first-order valence-electron chi connectivity index (χ1n) is 10.7. The number of aromatic amines is 1. The Morgan fingerprint density at radius 2 is 1.77 bits per heavy atom. The molecule has 0 spiro atoms. The van der Waals surface area contributed by atoms with Crippen LogP contribution in [0.1, 0.15) is 36.9 Å². The molecule has 0 saturated carbocycles. The van der Waals surface area contributed by atoms with E-state index < -0.39 is 0 Å². The number of nitrogens with zero attached hydrogens (tertiary/aromatic N) is 3. The summed E-state index contributed by atoms with van der Waals surface area (Å²) in [6.45, 7) is 5.64. The van der Waals surface area contributed by atoms with E-state index in [2.05, 4.69) is 86.7 Å². The van der Waals surface area contributed by atoms with Gasteiger partial charge in [0.25, 0.3) is 0 Å². The van der Waals surface area contributed by atoms with Gasteiger partial charge in [-0.05, 0) is 55.6 Å². The molecule has 2 aromatic carbocycles. The fourth-order valence-electron chi connectivity index (χ4n) is 4.23. The first-order chi connectivity index (χ1) is 14.8. The van der Waals surface area contributed by atoms with Gasteiger partial charge in [-0.3, -0.25) is 4.90 Å². The van der Waals surface area contributed by atoms with E-state index >= 15 is 0 Å². The monoisotopic (exact) mass is 397 g/mol. The lowest BCUT2D eigenvalue weighted by Crippen LogP contribution is -2.18. The molecule has 1 atom stereocenters. The van der Waals surface area contributed by atoms with Gasteiger partial charge in [-0.15, -0.1) is 0 Å². The molecule has 1 saturated heterocycles. The quantitative estimate of drug-likeness (QED) is 0.458. The topological polar surface area (TPSA) is 56.8 Å². The Bertz CT molecular complexity index is 1110. The summed E-state index contributed by atoms with van der Waals surface area (Å²) in [5, 5.41) is 4.55. The van der Waals surface area contributed by atoms with Crippen molar-refractivity contribution in [1.82, 2.24) is 19.9 Å². The fourth-order valence-corrected chi connectivity index (χ4v) is 4.23. The Hall–Kier alpha value is -3.18. The number of nitrogens with one attached hydrogen (secondary N) is 2. The van der Waals surface area contributed by atoms with Crippen molar-refractivity contribution in [2.24, 2.45) is 0 Å². The number of H-pyrrole nitrogens is 1. The third-order valence-electron chi connectivity index (χ3n) is 5.95.